The average Bonchev–Trinajstić information content (AvgIpc) is 2.33. The SMILES string of the molecule is CCC1CCCCC1(O)c1cc(F)ccc1Cl. The molecule has 1 aliphatic carbocycles. The van der Waals surface area contributed by atoms with Crippen molar-refractivity contribution < 1.29 is 9.50 Å². The second-order valence-corrected chi connectivity index (χ2v) is 5.31. The molecular formula is C14H18ClFO. The van der Waals surface area contributed by atoms with E-state index in [4.69, 9.17) is 11.6 Å². The number of hydrogen-bond donors (Lipinski definition) is 1. The first-order valence-electron chi connectivity index (χ1n) is 6.26. The van der Waals surface area contributed by atoms with Crippen molar-refractivity contribution in [2.75, 3.05) is 0 Å². The molecule has 0 heterocycles. The molecule has 3 heteroatoms. The van der Waals surface area contributed by atoms with Gasteiger partial charge in [-0.05, 0) is 37.0 Å². The van der Waals surface area contributed by atoms with E-state index in [0.29, 0.717) is 17.0 Å². The molecule has 94 valence electrons. The van der Waals surface area contributed by atoms with Crippen LogP contribution >= 0.6 is 11.6 Å². The lowest BCUT2D eigenvalue weighted by Gasteiger charge is -2.40. The highest BCUT2D eigenvalue weighted by atomic mass is 35.5. The maximum Gasteiger partial charge on any atom is 0.123 e. The summed E-state index contributed by atoms with van der Waals surface area (Å²) in [5.74, 6) is -0.159. The molecule has 0 amide bonds. The lowest BCUT2D eigenvalue weighted by molar-refractivity contribution is -0.0558. The smallest absolute Gasteiger partial charge is 0.123 e. The lowest BCUT2D eigenvalue weighted by Crippen LogP contribution is -2.38. The van der Waals surface area contributed by atoms with Crippen LogP contribution in [0.15, 0.2) is 18.2 Å². The van der Waals surface area contributed by atoms with Gasteiger partial charge >= 0.3 is 0 Å². The zero-order valence-electron chi connectivity index (χ0n) is 10.0. The summed E-state index contributed by atoms with van der Waals surface area (Å²) in [4.78, 5) is 0. The quantitative estimate of drug-likeness (QED) is 0.838. The number of aliphatic hydroxyl groups is 1. The van der Waals surface area contributed by atoms with Gasteiger partial charge in [0.25, 0.3) is 0 Å². The highest BCUT2D eigenvalue weighted by Gasteiger charge is 2.40. The van der Waals surface area contributed by atoms with Crippen LogP contribution in [-0.2, 0) is 5.60 Å². The fraction of sp³-hybridized carbons (Fsp3) is 0.571. The predicted molar refractivity (Wildman–Crippen MR) is 67.6 cm³/mol. The fourth-order valence-corrected chi connectivity index (χ4v) is 3.23. The Bertz CT molecular complexity index is 407. The molecule has 0 aliphatic heterocycles. The van der Waals surface area contributed by atoms with Crippen LogP contribution in [0.5, 0.6) is 0 Å². The van der Waals surface area contributed by atoms with E-state index in [1.807, 2.05) is 0 Å². The van der Waals surface area contributed by atoms with Crippen LogP contribution in [0.4, 0.5) is 4.39 Å². The third-order valence-electron chi connectivity index (χ3n) is 3.92. The second-order valence-electron chi connectivity index (χ2n) is 4.90. The lowest BCUT2D eigenvalue weighted by atomic mass is 9.70. The third-order valence-corrected chi connectivity index (χ3v) is 4.25. The minimum Gasteiger partial charge on any atom is -0.385 e. The Balaban J connectivity index is 2.44. The van der Waals surface area contributed by atoms with Crippen LogP contribution in [0.1, 0.15) is 44.6 Å². The van der Waals surface area contributed by atoms with E-state index in [2.05, 4.69) is 6.92 Å². The number of halogens is 2. The molecular weight excluding hydrogens is 239 g/mol. The van der Waals surface area contributed by atoms with E-state index >= 15 is 0 Å². The van der Waals surface area contributed by atoms with Crippen molar-refractivity contribution in [2.24, 2.45) is 5.92 Å². The van der Waals surface area contributed by atoms with Crippen LogP contribution in [-0.4, -0.2) is 5.11 Å². The molecule has 1 aliphatic rings. The maximum atomic E-state index is 13.3. The Hall–Kier alpha value is -0.600. The van der Waals surface area contributed by atoms with Gasteiger partial charge in [-0.2, -0.15) is 0 Å². The Morgan fingerprint density at radius 1 is 1.47 bits per heavy atom. The van der Waals surface area contributed by atoms with Gasteiger partial charge in [0.1, 0.15) is 5.82 Å². The van der Waals surface area contributed by atoms with Crippen LogP contribution in [0.3, 0.4) is 0 Å². The molecule has 1 N–H and O–H groups in total. The molecule has 2 unspecified atom stereocenters. The largest absolute Gasteiger partial charge is 0.385 e. The molecule has 0 radical (unpaired) electrons. The Kier molecular flexibility index (Phi) is 3.74. The van der Waals surface area contributed by atoms with Gasteiger partial charge in [-0.3, -0.25) is 0 Å². The van der Waals surface area contributed by atoms with Crippen molar-refractivity contribution in [2.45, 2.75) is 44.6 Å². The summed E-state index contributed by atoms with van der Waals surface area (Å²) in [5, 5.41) is 11.3. The summed E-state index contributed by atoms with van der Waals surface area (Å²) < 4.78 is 13.3. The van der Waals surface area contributed by atoms with Gasteiger partial charge in [0.2, 0.25) is 0 Å². The third kappa shape index (κ3) is 2.34. The van der Waals surface area contributed by atoms with Gasteiger partial charge in [-0.1, -0.05) is 37.8 Å². The van der Waals surface area contributed by atoms with Gasteiger partial charge in [-0.15, -0.1) is 0 Å². The van der Waals surface area contributed by atoms with E-state index in [1.54, 1.807) is 0 Å². The van der Waals surface area contributed by atoms with Crippen molar-refractivity contribution in [3.63, 3.8) is 0 Å². The fourth-order valence-electron chi connectivity index (χ4n) is 2.95. The first-order valence-corrected chi connectivity index (χ1v) is 6.63. The first kappa shape index (κ1) is 12.8. The van der Waals surface area contributed by atoms with Crippen molar-refractivity contribution in [3.05, 3.63) is 34.6 Å². The normalized spacial score (nSPS) is 29.3. The van der Waals surface area contributed by atoms with Crippen molar-refractivity contribution in [3.8, 4) is 0 Å². The minimum atomic E-state index is -0.952. The van der Waals surface area contributed by atoms with Crippen molar-refractivity contribution >= 4 is 11.6 Å². The molecule has 1 fully saturated rings. The van der Waals surface area contributed by atoms with Gasteiger partial charge in [0, 0.05) is 10.6 Å². The second kappa shape index (κ2) is 4.95. The molecule has 2 rings (SSSR count). The average molecular weight is 257 g/mol. The molecule has 1 nitrogen and oxygen atoms in total. The highest BCUT2D eigenvalue weighted by Crippen LogP contribution is 2.45. The molecule has 2 atom stereocenters. The van der Waals surface area contributed by atoms with Gasteiger partial charge in [0.15, 0.2) is 0 Å². The van der Waals surface area contributed by atoms with Crippen molar-refractivity contribution in [1.29, 1.82) is 0 Å². The predicted octanol–water partition coefficient (Wildman–Crippen LogP) is 4.27. The van der Waals surface area contributed by atoms with E-state index < -0.39 is 5.60 Å². The molecule has 0 aromatic heterocycles. The summed E-state index contributed by atoms with van der Waals surface area (Å²) in [6, 6.07) is 4.25. The highest BCUT2D eigenvalue weighted by molar-refractivity contribution is 6.31. The summed E-state index contributed by atoms with van der Waals surface area (Å²) in [7, 11) is 0. The number of hydrogen-bond acceptors (Lipinski definition) is 1. The molecule has 1 aromatic rings. The van der Waals surface area contributed by atoms with E-state index in [9.17, 15) is 9.50 Å². The van der Waals surface area contributed by atoms with E-state index in [-0.39, 0.29) is 11.7 Å². The monoisotopic (exact) mass is 256 g/mol. The van der Waals surface area contributed by atoms with Gasteiger partial charge in [0.05, 0.1) is 5.60 Å². The van der Waals surface area contributed by atoms with Crippen molar-refractivity contribution in [1.82, 2.24) is 0 Å². The van der Waals surface area contributed by atoms with Crippen LogP contribution < -0.4 is 0 Å². The molecule has 0 saturated heterocycles. The first-order chi connectivity index (χ1) is 8.08. The Labute approximate surface area is 107 Å². The zero-order chi connectivity index (χ0) is 12.5. The molecule has 1 saturated carbocycles. The Morgan fingerprint density at radius 3 is 2.94 bits per heavy atom. The summed E-state index contributed by atoms with van der Waals surface area (Å²) in [6.45, 7) is 2.06. The summed E-state index contributed by atoms with van der Waals surface area (Å²) in [6.07, 6.45) is 4.66. The summed E-state index contributed by atoms with van der Waals surface area (Å²) in [5.41, 5.74) is -0.391. The number of rotatable bonds is 2. The topological polar surface area (TPSA) is 20.2 Å². The Morgan fingerprint density at radius 2 is 2.24 bits per heavy atom. The maximum absolute atomic E-state index is 13.3. The van der Waals surface area contributed by atoms with E-state index in [1.165, 1.54) is 18.2 Å². The minimum absolute atomic E-state index is 0.176. The standard InChI is InChI=1S/C14H18ClFO/c1-2-10-5-3-4-8-14(10,17)12-9-11(16)6-7-13(12)15/h6-7,9-10,17H,2-5,8H2,1H3. The molecule has 17 heavy (non-hydrogen) atoms. The van der Waals surface area contributed by atoms with E-state index in [0.717, 1.165) is 25.7 Å². The molecule has 0 bridgehead atoms. The molecule has 0 spiro atoms. The van der Waals surface area contributed by atoms with Crippen LogP contribution in [0.25, 0.3) is 0 Å². The number of benzene rings is 1. The van der Waals surface area contributed by atoms with Crippen LogP contribution in [0.2, 0.25) is 5.02 Å². The summed E-state index contributed by atoms with van der Waals surface area (Å²) >= 11 is 6.11. The van der Waals surface area contributed by atoms with Gasteiger partial charge in [-0.25, -0.2) is 4.39 Å². The molecule has 1 aromatic carbocycles. The van der Waals surface area contributed by atoms with Crippen LogP contribution in [0, 0.1) is 11.7 Å². The van der Waals surface area contributed by atoms with Gasteiger partial charge < -0.3 is 5.11 Å². The zero-order valence-corrected chi connectivity index (χ0v) is 10.8.